The first kappa shape index (κ1) is 11.9. The van der Waals surface area contributed by atoms with Gasteiger partial charge in [-0.25, -0.2) is 0 Å². The Kier molecular flexibility index (Phi) is 3.17. The summed E-state index contributed by atoms with van der Waals surface area (Å²) in [6, 6.07) is 1.05. The van der Waals surface area contributed by atoms with E-state index in [2.05, 4.69) is 25.7 Å². The van der Waals surface area contributed by atoms with Crippen LogP contribution in [0.3, 0.4) is 0 Å². The summed E-state index contributed by atoms with van der Waals surface area (Å²) in [4.78, 5) is 14.4. The van der Waals surface area contributed by atoms with Crippen molar-refractivity contribution in [2.24, 2.45) is 0 Å². The highest BCUT2D eigenvalue weighted by Crippen LogP contribution is 2.29. The van der Waals surface area contributed by atoms with Gasteiger partial charge in [-0.1, -0.05) is 11.3 Å². The third-order valence-electron chi connectivity index (χ3n) is 3.45. The van der Waals surface area contributed by atoms with Crippen molar-refractivity contribution in [3.8, 4) is 0 Å². The fourth-order valence-electron chi connectivity index (χ4n) is 2.34. The maximum Gasteiger partial charge on any atom is 0.282 e. The molecule has 1 aromatic rings. The fraction of sp³-hybridized carbons (Fsp3) is 0.727. The summed E-state index contributed by atoms with van der Waals surface area (Å²) in [5, 5.41) is 14.8. The molecule has 18 heavy (non-hydrogen) atoms. The molecule has 1 aromatic heterocycles. The normalized spacial score (nSPS) is 24.2. The second kappa shape index (κ2) is 4.81. The maximum absolute atomic E-state index is 12.0. The largest absolute Gasteiger partial charge is 0.363 e. The number of carbonyl (C=O) groups is 1. The third-order valence-corrected chi connectivity index (χ3v) is 4.39. The van der Waals surface area contributed by atoms with Crippen molar-refractivity contribution in [3.63, 3.8) is 0 Å². The smallest absolute Gasteiger partial charge is 0.282 e. The minimum absolute atomic E-state index is 0.100. The summed E-state index contributed by atoms with van der Waals surface area (Å²) in [5.41, 5.74) is 0. The van der Waals surface area contributed by atoms with Crippen LogP contribution in [0.5, 0.6) is 0 Å². The molecule has 1 atom stereocenters. The quantitative estimate of drug-likeness (QED) is 0.833. The number of amides is 1. The highest BCUT2D eigenvalue weighted by molar-refractivity contribution is 7.17. The van der Waals surface area contributed by atoms with Crippen molar-refractivity contribution in [1.82, 2.24) is 20.4 Å². The van der Waals surface area contributed by atoms with Crippen LogP contribution in [0.15, 0.2) is 0 Å². The van der Waals surface area contributed by atoms with Crippen LogP contribution >= 0.6 is 11.3 Å². The van der Waals surface area contributed by atoms with E-state index in [9.17, 15) is 4.79 Å². The van der Waals surface area contributed by atoms with Gasteiger partial charge in [0.2, 0.25) is 10.1 Å². The van der Waals surface area contributed by atoms with E-state index in [-0.39, 0.29) is 11.9 Å². The van der Waals surface area contributed by atoms with Gasteiger partial charge in [0.05, 0.1) is 0 Å². The topological polar surface area (TPSA) is 70.1 Å². The van der Waals surface area contributed by atoms with E-state index in [1.54, 1.807) is 7.05 Å². The molecular weight excluding hydrogens is 250 g/mol. The Morgan fingerprint density at radius 1 is 1.39 bits per heavy atom. The summed E-state index contributed by atoms with van der Waals surface area (Å²) in [6.07, 6.45) is 3.69. The molecule has 0 bridgehead atoms. The van der Waals surface area contributed by atoms with Crippen molar-refractivity contribution in [3.05, 3.63) is 5.01 Å². The summed E-state index contributed by atoms with van der Waals surface area (Å²) >= 11 is 1.28. The minimum atomic E-state index is -0.100. The SMILES string of the molecule is CNc1nnc(C(=O)NC2CCN(C3CC3)C2)s1. The van der Waals surface area contributed by atoms with Crippen molar-refractivity contribution in [2.45, 2.75) is 31.3 Å². The molecule has 1 aliphatic heterocycles. The molecule has 0 aromatic carbocycles. The first-order valence-corrected chi connectivity index (χ1v) is 7.14. The molecule has 0 radical (unpaired) electrons. The van der Waals surface area contributed by atoms with E-state index in [0.717, 1.165) is 25.6 Å². The molecule has 1 saturated carbocycles. The van der Waals surface area contributed by atoms with Gasteiger partial charge in [0.25, 0.3) is 5.91 Å². The van der Waals surface area contributed by atoms with Gasteiger partial charge in [-0.05, 0) is 19.3 Å². The predicted molar refractivity (Wildman–Crippen MR) is 69.9 cm³/mol. The lowest BCUT2D eigenvalue weighted by Gasteiger charge is -2.15. The summed E-state index contributed by atoms with van der Waals surface area (Å²) < 4.78 is 0. The average molecular weight is 267 g/mol. The number of anilines is 1. The molecule has 1 unspecified atom stereocenters. The Labute approximate surface area is 110 Å². The zero-order valence-electron chi connectivity index (χ0n) is 10.3. The standard InChI is InChI=1S/C11H17N5OS/c1-12-11-15-14-10(18-11)9(17)13-7-4-5-16(6-7)8-2-3-8/h7-8H,2-6H2,1H3,(H,12,15)(H,13,17). The number of nitrogens with one attached hydrogen (secondary N) is 2. The van der Waals surface area contributed by atoms with Gasteiger partial charge in [-0.2, -0.15) is 0 Å². The van der Waals surface area contributed by atoms with Crippen LogP contribution in [0.25, 0.3) is 0 Å². The Morgan fingerprint density at radius 3 is 2.89 bits per heavy atom. The number of hydrogen-bond donors (Lipinski definition) is 2. The van der Waals surface area contributed by atoms with Crippen LogP contribution in [0.2, 0.25) is 0 Å². The monoisotopic (exact) mass is 267 g/mol. The van der Waals surface area contributed by atoms with Crippen LogP contribution in [-0.4, -0.2) is 53.2 Å². The molecule has 2 N–H and O–H groups in total. The second-order valence-electron chi connectivity index (χ2n) is 4.85. The number of nitrogens with zero attached hydrogens (tertiary/aromatic N) is 3. The molecule has 3 rings (SSSR count). The molecule has 2 aliphatic rings. The van der Waals surface area contributed by atoms with Crippen LogP contribution in [0, 0.1) is 0 Å². The molecule has 1 saturated heterocycles. The molecule has 2 heterocycles. The van der Waals surface area contributed by atoms with Crippen LogP contribution < -0.4 is 10.6 Å². The zero-order valence-corrected chi connectivity index (χ0v) is 11.2. The van der Waals surface area contributed by atoms with Crippen LogP contribution in [0.1, 0.15) is 29.1 Å². The fourth-order valence-corrected chi connectivity index (χ4v) is 2.94. The first-order valence-electron chi connectivity index (χ1n) is 6.32. The van der Waals surface area contributed by atoms with E-state index in [0.29, 0.717) is 10.1 Å². The summed E-state index contributed by atoms with van der Waals surface area (Å²) in [5.74, 6) is -0.100. The highest BCUT2D eigenvalue weighted by atomic mass is 32.1. The Hall–Kier alpha value is -1.21. The van der Waals surface area contributed by atoms with Crippen molar-refractivity contribution in [1.29, 1.82) is 0 Å². The Balaban J connectivity index is 1.54. The van der Waals surface area contributed by atoms with Gasteiger partial charge in [-0.15, -0.1) is 10.2 Å². The molecule has 7 heteroatoms. The number of hydrogen-bond acceptors (Lipinski definition) is 6. The van der Waals surface area contributed by atoms with E-state index in [4.69, 9.17) is 0 Å². The van der Waals surface area contributed by atoms with E-state index < -0.39 is 0 Å². The number of aromatic nitrogens is 2. The molecule has 98 valence electrons. The predicted octanol–water partition coefficient (Wildman–Crippen LogP) is 0.546. The highest BCUT2D eigenvalue weighted by Gasteiger charge is 2.35. The Morgan fingerprint density at radius 2 is 2.22 bits per heavy atom. The van der Waals surface area contributed by atoms with Gasteiger partial charge in [0.15, 0.2) is 0 Å². The third kappa shape index (κ3) is 2.46. The minimum Gasteiger partial charge on any atom is -0.363 e. The first-order chi connectivity index (χ1) is 8.76. The van der Waals surface area contributed by atoms with E-state index >= 15 is 0 Å². The summed E-state index contributed by atoms with van der Waals surface area (Å²) in [6.45, 7) is 2.08. The average Bonchev–Trinajstić information content (AvgIpc) is 2.93. The van der Waals surface area contributed by atoms with E-state index in [1.807, 2.05) is 0 Å². The maximum atomic E-state index is 12.0. The van der Waals surface area contributed by atoms with Crippen molar-refractivity contribution < 1.29 is 4.79 Å². The molecule has 6 nitrogen and oxygen atoms in total. The zero-order chi connectivity index (χ0) is 12.5. The second-order valence-corrected chi connectivity index (χ2v) is 5.83. The summed E-state index contributed by atoms with van der Waals surface area (Å²) in [7, 11) is 1.77. The van der Waals surface area contributed by atoms with Crippen LogP contribution in [-0.2, 0) is 0 Å². The van der Waals surface area contributed by atoms with Gasteiger partial charge in [0, 0.05) is 32.2 Å². The van der Waals surface area contributed by atoms with Gasteiger partial charge in [0.1, 0.15) is 0 Å². The Bertz CT molecular complexity index is 444. The lowest BCUT2D eigenvalue weighted by Crippen LogP contribution is -2.37. The number of likely N-dealkylation sites (tertiary alicyclic amines) is 1. The molecule has 0 spiro atoms. The molecule has 1 amide bonds. The van der Waals surface area contributed by atoms with Gasteiger partial charge >= 0.3 is 0 Å². The van der Waals surface area contributed by atoms with Crippen LogP contribution in [0.4, 0.5) is 5.13 Å². The van der Waals surface area contributed by atoms with Gasteiger partial charge < -0.3 is 10.6 Å². The van der Waals surface area contributed by atoms with E-state index in [1.165, 1.54) is 24.2 Å². The molecule has 1 aliphatic carbocycles. The number of rotatable bonds is 4. The van der Waals surface area contributed by atoms with Crippen molar-refractivity contribution >= 4 is 22.4 Å². The molecule has 2 fully saturated rings. The van der Waals surface area contributed by atoms with Crippen molar-refractivity contribution in [2.75, 3.05) is 25.5 Å². The lowest BCUT2D eigenvalue weighted by molar-refractivity contribution is 0.0936. The number of carbonyl (C=O) groups excluding carboxylic acids is 1. The molecular formula is C11H17N5OS. The van der Waals surface area contributed by atoms with Gasteiger partial charge in [-0.3, -0.25) is 9.69 Å². The lowest BCUT2D eigenvalue weighted by atomic mass is 10.2.